The Morgan fingerprint density at radius 2 is 0.934 bits per heavy atom. The summed E-state index contributed by atoms with van der Waals surface area (Å²) in [5.41, 5.74) is 7.66. The highest BCUT2D eigenvalue weighted by atomic mass is 16.3. The summed E-state index contributed by atoms with van der Waals surface area (Å²) >= 11 is 0. The Kier molecular flexibility index (Phi) is 6.61. The van der Waals surface area contributed by atoms with Crippen LogP contribution in [0.1, 0.15) is 9.60 Å². The molecule has 12 rings (SSSR count). The predicted molar refractivity (Wildman–Crippen MR) is 252 cm³/mol. The highest BCUT2D eigenvalue weighted by Crippen LogP contribution is 2.40. The van der Waals surface area contributed by atoms with Crippen LogP contribution in [0.15, 0.2) is 217 Å². The molecule has 2 aromatic heterocycles. The van der Waals surface area contributed by atoms with Gasteiger partial charge in [-0.15, -0.1) is 0 Å². The lowest BCUT2D eigenvalue weighted by Crippen LogP contribution is -2.01. The highest BCUT2D eigenvalue weighted by molar-refractivity contribution is 6.12. The summed E-state index contributed by atoms with van der Waals surface area (Å²) in [5, 5.41) is 5.72. The molecule has 61 heavy (non-hydrogen) atoms. The van der Waals surface area contributed by atoms with Crippen molar-refractivity contribution in [2.45, 2.75) is 0 Å². The van der Waals surface area contributed by atoms with Crippen molar-refractivity contribution in [2.24, 2.45) is 0 Å². The SMILES string of the molecule is [2H]c1c([2H])c([2H])c2c(-c3cc(-c4ccc5cc(-c6ccccc6)ccc5c4)cc(-c4nc(-c5ccc6ccccc6c5)nc(-c5cccc6oc7ccccc7c56)n4)c3)c([2H])c([2H])c([2H])c2c1[2H]. The number of hydrogen-bond donors (Lipinski definition) is 0. The summed E-state index contributed by atoms with van der Waals surface area (Å²) in [6.07, 6.45) is 0. The number of fused-ring (bicyclic) bond motifs is 6. The van der Waals surface area contributed by atoms with Crippen molar-refractivity contribution >= 4 is 54.3 Å². The second kappa shape index (κ2) is 14.3. The van der Waals surface area contributed by atoms with Gasteiger partial charge in [-0.2, -0.15) is 0 Å². The lowest BCUT2D eigenvalue weighted by molar-refractivity contribution is 0.669. The van der Waals surface area contributed by atoms with Gasteiger partial charge in [-0.25, -0.2) is 15.0 Å². The number of nitrogens with zero attached hydrogens (tertiary/aromatic N) is 3. The molecule has 0 atom stereocenters. The fraction of sp³-hybridized carbons (Fsp3) is 0. The lowest BCUT2D eigenvalue weighted by Gasteiger charge is -2.14. The Balaban J connectivity index is 1.14. The van der Waals surface area contributed by atoms with E-state index in [1.54, 1.807) is 6.07 Å². The molecule has 0 unspecified atom stereocenters. The standard InChI is InChI=1S/C57H35N3O/c1-2-12-36(13-3-1)40-25-26-42-31-43(28-27-41(42)30-40)45-33-46(49-20-10-17-38-15-6-7-18-48(38)49)35-47(34-45)56-58-55(44-29-24-37-14-4-5-16-39(37)32-44)59-57(60-56)51-21-11-23-53-54(51)50-19-8-9-22-52(50)61-53/h1-35H/i6D,7D,10D,15D,17D,18D,20D. The average Bonchev–Trinajstić information content (AvgIpc) is 3.77. The topological polar surface area (TPSA) is 51.8 Å². The van der Waals surface area contributed by atoms with Crippen LogP contribution in [0.5, 0.6) is 0 Å². The van der Waals surface area contributed by atoms with E-state index in [2.05, 4.69) is 54.6 Å². The Labute approximate surface area is 361 Å². The molecule has 0 amide bonds. The van der Waals surface area contributed by atoms with E-state index in [9.17, 15) is 1.37 Å². The summed E-state index contributed by atoms with van der Waals surface area (Å²) in [6, 6.07) is 53.1. The molecule has 0 radical (unpaired) electrons. The van der Waals surface area contributed by atoms with Crippen LogP contribution in [-0.2, 0) is 0 Å². The molecule has 0 spiro atoms. The van der Waals surface area contributed by atoms with Crippen molar-refractivity contribution in [3.63, 3.8) is 0 Å². The second-order valence-corrected chi connectivity index (χ2v) is 15.1. The smallest absolute Gasteiger partial charge is 0.164 e. The Hall–Kier alpha value is -8.21. The molecule has 0 N–H and O–H groups in total. The van der Waals surface area contributed by atoms with Crippen LogP contribution in [0.2, 0.25) is 0 Å². The van der Waals surface area contributed by atoms with Crippen molar-refractivity contribution in [3.8, 4) is 67.5 Å². The summed E-state index contributed by atoms with van der Waals surface area (Å²) in [4.78, 5) is 15.6. The van der Waals surface area contributed by atoms with Crippen LogP contribution in [0.25, 0.3) is 122 Å². The molecule has 0 aliphatic rings. The summed E-state index contributed by atoms with van der Waals surface area (Å²) in [5.74, 6) is 1.12. The Morgan fingerprint density at radius 1 is 0.328 bits per heavy atom. The van der Waals surface area contributed by atoms with Crippen LogP contribution in [0.3, 0.4) is 0 Å². The molecule has 0 aliphatic carbocycles. The zero-order valence-corrected chi connectivity index (χ0v) is 32.4. The maximum Gasteiger partial charge on any atom is 0.164 e. The van der Waals surface area contributed by atoms with E-state index < -0.39 is 36.3 Å². The molecule has 4 nitrogen and oxygen atoms in total. The molecule has 0 saturated carbocycles. The maximum absolute atomic E-state index is 9.37. The van der Waals surface area contributed by atoms with Crippen LogP contribution in [-0.4, -0.2) is 15.0 Å². The van der Waals surface area contributed by atoms with Gasteiger partial charge in [0.05, 0.1) is 9.60 Å². The van der Waals surface area contributed by atoms with Crippen molar-refractivity contribution in [1.82, 2.24) is 15.0 Å². The summed E-state index contributed by atoms with van der Waals surface area (Å²) < 4.78 is 68.7. The van der Waals surface area contributed by atoms with Crippen LogP contribution in [0.4, 0.5) is 0 Å². The molecule has 4 heteroatoms. The van der Waals surface area contributed by atoms with Gasteiger partial charge >= 0.3 is 0 Å². The van der Waals surface area contributed by atoms with E-state index in [1.807, 2.05) is 109 Å². The van der Waals surface area contributed by atoms with Gasteiger partial charge in [0.1, 0.15) is 11.2 Å². The molecule has 12 aromatic rings. The third-order valence-electron chi connectivity index (χ3n) is 11.4. The Morgan fingerprint density at radius 3 is 1.80 bits per heavy atom. The first-order chi connectivity index (χ1) is 33.1. The minimum absolute atomic E-state index is 0.0104. The van der Waals surface area contributed by atoms with Crippen molar-refractivity contribution in [3.05, 3.63) is 212 Å². The minimum atomic E-state index is -0.514. The zero-order valence-electron chi connectivity index (χ0n) is 39.4. The maximum atomic E-state index is 9.37. The van der Waals surface area contributed by atoms with Gasteiger partial charge in [0.15, 0.2) is 17.5 Å². The molecule has 0 saturated heterocycles. The number of para-hydroxylation sites is 1. The number of aromatic nitrogens is 3. The molecule has 0 aliphatic heterocycles. The number of hydrogen-bond acceptors (Lipinski definition) is 4. The first-order valence-corrected chi connectivity index (χ1v) is 20.0. The minimum Gasteiger partial charge on any atom is -0.456 e. The van der Waals surface area contributed by atoms with E-state index in [1.165, 1.54) is 0 Å². The fourth-order valence-electron chi connectivity index (χ4n) is 8.38. The molecule has 2 heterocycles. The normalized spacial score (nSPS) is 13.2. The largest absolute Gasteiger partial charge is 0.456 e. The third-order valence-corrected chi connectivity index (χ3v) is 11.4. The first-order valence-electron chi connectivity index (χ1n) is 23.5. The zero-order chi connectivity index (χ0) is 46.4. The monoisotopic (exact) mass is 784 g/mol. The van der Waals surface area contributed by atoms with Gasteiger partial charge in [0.2, 0.25) is 0 Å². The van der Waals surface area contributed by atoms with Gasteiger partial charge in [0, 0.05) is 27.5 Å². The summed E-state index contributed by atoms with van der Waals surface area (Å²) in [6.45, 7) is 0. The van der Waals surface area contributed by atoms with Crippen molar-refractivity contribution < 1.29 is 14.0 Å². The van der Waals surface area contributed by atoms with Crippen molar-refractivity contribution in [1.29, 1.82) is 0 Å². The van der Waals surface area contributed by atoms with E-state index in [4.69, 9.17) is 27.6 Å². The van der Waals surface area contributed by atoms with Crippen LogP contribution >= 0.6 is 0 Å². The van der Waals surface area contributed by atoms with Gasteiger partial charge in [0.25, 0.3) is 0 Å². The fourth-order valence-corrected chi connectivity index (χ4v) is 8.38. The number of benzene rings is 10. The van der Waals surface area contributed by atoms with Gasteiger partial charge in [-0.3, -0.25) is 0 Å². The molecule has 284 valence electrons. The van der Waals surface area contributed by atoms with E-state index in [0.29, 0.717) is 39.7 Å². The number of rotatable bonds is 6. The lowest BCUT2D eigenvalue weighted by atomic mass is 9.92. The molecular formula is C57H35N3O. The molecular weight excluding hydrogens is 743 g/mol. The molecule has 0 fully saturated rings. The van der Waals surface area contributed by atoms with E-state index in [0.717, 1.165) is 65.7 Å². The molecule has 10 aromatic carbocycles. The number of furan rings is 1. The van der Waals surface area contributed by atoms with Crippen LogP contribution < -0.4 is 0 Å². The molecule has 0 bridgehead atoms. The third kappa shape index (κ3) is 6.21. The van der Waals surface area contributed by atoms with E-state index >= 15 is 0 Å². The Bertz CT molecular complexity index is 4070. The second-order valence-electron chi connectivity index (χ2n) is 15.1. The summed E-state index contributed by atoms with van der Waals surface area (Å²) in [7, 11) is 0. The van der Waals surface area contributed by atoms with E-state index in [-0.39, 0.29) is 22.4 Å². The van der Waals surface area contributed by atoms with Gasteiger partial charge in [-0.1, -0.05) is 164 Å². The first kappa shape index (κ1) is 28.3. The quantitative estimate of drug-likeness (QED) is 0.168. The van der Waals surface area contributed by atoms with Crippen molar-refractivity contribution in [2.75, 3.05) is 0 Å². The van der Waals surface area contributed by atoms with Gasteiger partial charge < -0.3 is 4.42 Å². The predicted octanol–water partition coefficient (Wildman–Crippen LogP) is 15.2. The average molecular weight is 785 g/mol. The van der Waals surface area contributed by atoms with Gasteiger partial charge in [-0.05, 0) is 114 Å². The highest BCUT2D eigenvalue weighted by Gasteiger charge is 2.19. The van der Waals surface area contributed by atoms with Crippen LogP contribution in [0, 0.1) is 0 Å².